The molecule has 0 aliphatic rings. The molecule has 0 bridgehead atoms. The van der Waals surface area contributed by atoms with Crippen LogP contribution in [0, 0.1) is 0 Å². The number of allylic oxidation sites excluding steroid dienone is 1. The summed E-state index contributed by atoms with van der Waals surface area (Å²) in [6.07, 6.45) is 5.77. The van der Waals surface area contributed by atoms with Crippen LogP contribution in [0.4, 0.5) is 0 Å². The van der Waals surface area contributed by atoms with Crippen molar-refractivity contribution in [3.8, 4) is 0 Å². The zero-order chi connectivity index (χ0) is 10.4. The Balaban J connectivity index is 2.73. The van der Waals surface area contributed by atoms with Crippen LogP contribution in [0.15, 0.2) is 12.2 Å². The van der Waals surface area contributed by atoms with Gasteiger partial charge in [-0.05, 0) is 0 Å². The van der Waals surface area contributed by atoms with Gasteiger partial charge in [0, 0.05) is 19.4 Å². The van der Waals surface area contributed by atoms with Crippen molar-refractivity contribution in [2.75, 3.05) is 6.54 Å². The van der Waals surface area contributed by atoms with Crippen molar-refractivity contribution in [1.29, 1.82) is 0 Å². The van der Waals surface area contributed by atoms with Crippen molar-refractivity contribution in [1.82, 2.24) is 14.8 Å². The predicted octanol–water partition coefficient (Wildman–Crippen LogP) is 0.918. The molecule has 4 nitrogen and oxygen atoms in total. The lowest BCUT2D eigenvalue weighted by molar-refractivity contribution is 0.648. The Morgan fingerprint density at radius 2 is 2.07 bits per heavy atom. The average molecular weight is 194 g/mol. The fourth-order valence-electron chi connectivity index (χ4n) is 1.25. The zero-order valence-electron chi connectivity index (χ0n) is 8.90. The Morgan fingerprint density at radius 3 is 2.64 bits per heavy atom. The number of nitrogens with zero attached hydrogens (tertiary/aromatic N) is 3. The van der Waals surface area contributed by atoms with E-state index >= 15 is 0 Å². The van der Waals surface area contributed by atoms with Gasteiger partial charge in [0.05, 0.1) is 6.54 Å². The molecule has 2 N–H and O–H groups in total. The largest absolute Gasteiger partial charge is 0.327 e. The van der Waals surface area contributed by atoms with Crippen LogP contribution in [-0.2, 0) is 19.4 Å². The van der Waals surface area contributed by atoms with Gasteiger partial charge in [-0.3, -0.25) is 0 Å². The quantitative estimate of drug-likeness (QED) is 0.709. The molecule has 0 saturated heterocycles. The van der Waals surface area contributed by atoms with Crippen LogP contribution >= 0.6 is 0 Å². The van der Waals surface area contributed by atoms with Crippen molar-refractivity contribution in [3.05, 3.63) is 23.8 Å². The standard InChI is InChI=1S/C10H18N4/c1-3-9-12-10(4-2)14(13-9)8-6-5-7-11/h5-6H,3-4,7-8,11H2,1-2H3. The minimum atomic E-state index is 0.580. The summed E-state index contributed by atoms with van der Waals surface area (Å²) in [7, 11) is 0. The van der Waals surface area contributed by atoms with Crippen LogP contribution in [0.25, 0.3) is 0 Å². The molecule has 4 heteroatoms. The third-order valence-corrected chi connectivity index (χ3v) is 2.01. The molecule has 0 atom stereocenters. The molecule has 14 heavy (non-hydrogen) atoms. The molecule has 0 fully saturated rings. The summed E-state index contributed by atoms with van der Waals surface area (Å²) in [6.45, 7) is 5.51. The Hall–Kier alpha value is -1.16. The van der Waals surface area contributed by atoms with Gasteiger partial charge in [0.15, 0.2) is 5.82 Å². The van der Waals surface area contributed by atoms with Gasteiger partial charge in [-0.15, -0.1) is 0 Å². The first-order valence-electron chi connectivity index (χ1n) is 5.09. The number of hydrogen-bond acceptors (Lipinski definition) is 3. The third-order valence-electron chi connectivity index (χ3n) is 2.01. The van der Waals surface area contributed by atoms with Gasteiger partial charge < -0.3 is 5.73 Å². The Morgan fingerprint density at radius 1 is 1.29 bits per heavy atom. The van der Waals surface area contributed by atoms with Crippen LogP contribution in [0.3, 0.4) is 0 Å². The fraction of sp³-hybridized carbons (Fsp3) is 0.600. The van der Waals surface area contributed by atoms with Gasteiger partial charge in [0.25, 0.3) is 0 Å². The van der Waals surface area contributed by atoms with Crippen LogP contribution in [-0.4, -0.2) is 21.3 Å². The summed E-state index contributed by atoms with van der Waals surface area (Å²) in [4.78, 5) is 4.41. The van der Waals surface area contributed by atoms with Gasteiger partial charge in [0.1, 0.15) is 5.82 Å². The Bertz CT molecular complexity index is 301. The molecule has 78 valence electrons. The van der Waals surface area contributed by atoms with E-state index in [0.717, 1.165) is 31.0 Å². The highest BCUT2D eigenvalue weighted by Gasteiger charge is 2.04. The molecule has 1 rings (SSSR count). The second-order valence-electron chi connectivity index (χ2n) is 3.04. The highest BCUT2D eigenvalue weighted by atomic mass is 15.3. The van der Waals surface area contributed by atoms with E-state index in [0.29, 0.717) is 6.54 Å². The SMILES string of the molecule is CCc1nc(CC)n(CC=CCN)n1. The van der Waals surface area contributed by atoms with Gasteiger partial charge in [0.2, 0.25) is 0 Å². The molecule has 0 unspecified atom stereocenters. The minimum absolute atomic E-state index is 0.580. The minimum Gasteiger partial charge on any atom is -0.327 e. The lowest BCUT2D eigenvalue weighted by Crippen LogP contribution is -2.04. The molecule has 1 aromatic heterocycles. The highest BCUT2D eigenvalue weighted by molar-refractivity contribution is 4.95. The van der Waals surface area contributed by atoms with Crippen molar-refractivity contribution < 1.29 is 0 Å². The van der Waals surface area contributed by atoms with Crippen LogP contribution in [0.1, 0.15) is 25.5 Å². The summed E-state index contributed by atoms with van der Waals surface area (Å²) >= 11 is 0. The number of aromatic nitrogens is 3. The molecule has 0 aromatic carbocycles. The molecular weight excluding hydrogens is 176 g/mol. The number of rotatable bonds is 5. The first-order chi connectivity index (χ1) is 6.81. The molecule has 0 spiro atoms. The number of nitrogens with two attached hydrogens (primary N) is 1. The monoisotopic (exact) mass is 194 g/mol. The molecule has 0 aliphatic carbocycles. The van der Waals surface area contributed by atoms with Gasteiger partial charge in [-0.1, -0.05) is 26.0 Å². The Kier molecular flexibility index (Phi) is 4.32. The summed E-state index contributed by atoms with van der Waals surface area (Å²) in [5, 5.41) is 4.38. The van der Waals surface area contributed by atoms with E-state index in [4.69, 9.17) is 5.73 Å². The van der Waals surface area contributed by atoms with E-state index in [9.17, 15) is 0 Å². The second kappa shape index (κ2) is 5.54. The van der Waals surface area contributed by atoms with E-state index in [-0.39, 0.29) is 0 Å². The summed E-state index contributed by atoms with van der Waals surface area (Å²) < 4.78 is 1.94. The lowest BCUT2D eigenvalue weighted by Gasteiger charge is -1.98. The molecule has 1 heterocycles. The summed E-state index contributed by atoms with van der Waals surface area (Å²) in [5.41, 5.74) is 5.36. The molecule has 0 radical (unpaired) electrons. The van der Waals surface area contributed by atoms with E-state index < -0.39 is 0 Å². The first kappa shape index (κ1) is 10.9. The zero-order valence-corrected chi connectivity index (χ0v) is 8.90. The number of hydrogen-bond donors (Lipinski definition) is 1. The molecule has 0 amide bonds. The maximum absolute atomic E-state index is 5.36. The fourth-order valence-corrected chi connectivity index (χ4v) is 1.25. The highest BCUT2D eigenvalue weighted by Crippen LogP contribution is 2.00. The van der Waals surface area contributed by atoms with Crippen molar-refractivity contribution in [2.24, 2.45) is 5.73 Å². The van der Waals surface area contributed by atoms with E-state index in [1.807, 2.05) is 16.8 Å². The third kappa shape index (κ3) is 2.67. The van der Waals surface area contributed by atoms with Crippen molar-refractivity contribution in [2.45, 2.75) is 33.2 Å². The van der Waals surface area contributed by atoms with E-state index in [1.165, 1.54) is 0 Å². The molecular formula is C10H18N4. The van der Waals surface area contributed by atoms with E-state index in [2.05, 4.69) is 23.9 Å². The predicted molar refractivity (Wildman–Crippen MR) is 57.0 cm³/mol. The maximum Gasteiger partial charge on any atom is 0.150 e. The molecule has 0 saturated carbocycles. The number of aryl methyl sites for hydroxylation is 2. The normalized spacial score (nSPS) is 11.4. The maximum atomic E-state index is 5.36. The van der Waals surface area contributed by atoms with Crippen molar-refractivity contribution >= 4 is 0 Å². The lowest BCUT2D eigenvalue weighted by atomic mass is 10.4. The second-order valence-corrected chi connectivity index (χ2v) is 3.04. The summed E-state index contributed by atoms with van der Waals surface area (Å²) in [6, 6.07) is 0. The van der Waals surface area contributed by atoms with Crippen LogP contribution in [0.5, 0.6) is 0 Å². The van der Waals surface area contributed by atoms with Crippen LogP contribution < -0.4 is 5.73 Å². The molecule has 1 aromatic rings. The Labute approximate surface area is 84.8 Å². The van der Waals surface area contributed by atoms with Gasteiger partial charge in [-0.2, -0.15) is 5.10 Å². The van der Waals surface area contributed by atoms with Crippen molar-refractivity contribution in [3.63, 3.8) is 0 Å². The van der Waals surface area contributed by atoms with Gasteiger partial charge in [-0.25, -0.2) is 9.67 Å². The summed E-state index contributed by atoms with van der Waals surface area (Å²) in [5.74, 6) is 1.96. The first-order valence-corrected chi connectivity index (χ1v) is 5.09. The van der Waals surface area contributed by atoms with E-state index in [1.54, 1.807) is 0 Å². The molecule has 0 aliphatic heterocycles. The van der Waals surface area contributed by atoms with Gasteiger partial charge >= 0.3 is 0 Å². The average Bonchev–Trinajstić information content (AvgIpc) is 2.61. The smallest absolute Gasteiger partial charge is 0.150 e. The topological polar surface area (TPSA) is 56.7 Å². The van der Waals surface area contributed by atoms with Crippen LogP contribution in [0.2, 0.25) is 0 Å².